The summed E-state index contributed by atoms with van der Waals surface area (Å²) in [5.74, 6) is 0. The summed E-state index contributed by atoms with van der Waals surface area (Å²) in [7, 11) is 0. The lowest BCUT2D eigenvalue weighted by Gasteiger charge is -2.09. The molecule has 0 bridgehead atoms. The van der Waals surface area contributed by atoms with Gasteiger partial charge in [0.1, 0.15) is 0 Å². The van der Waals surface area contributed by atoms with E-state index in [0.717, 1.165) is 19.4 Å². The fourth-order valence-corrected chi connectivity index (χ4v) is 4.34. The smallest absolute Gasteiger partial charge is 0.0939 e. The van der Waals surface area contributed by atoms with Crippen molar-refractivity contribution in [1.29, 1.82) is 0 Å². The minimum absolute atomic E-state index is 0.173. The van der Waals surface area contributed by atoms with E-state index in [1.54, 1.807) is 11.3 Å². The molecule has 0 spiro atoms. The maximum absolute atomic E-state index is 6.48. The molecule has 0 aliphatic carbocycles. The molecule has 0 saturated heterocycles. The van der Waals surface area contributed by atoms with Crippen molar-refractivity contribution in [1.82, 2.24) is 0 Å². The van der Waals surface area contributed by atoms with Gasteiger partial charge in [0.2, 0.25) is 0 Å². The molecule has 0 fully saturated rings. The third-order valence-electron chi connectivity index (χ3n) is 2.30. The molecule has 1 aromatic carbocycles. The standard InChI is InChI=1S/C12H8Br2Cl2S/c1-6-4-9(14)12(17-6)11(16)7-2-3-8(13)10(15)5-7/h2-5,11H,1H3. The molecule has 90 valence electrons. The highest BCUT2D eigenvalue weighted by Gasteiger charge is 2.17. The van der Waals surface area contributed by atoms with E-state index in [9.17, 15) is 0 Å². The summed E-state index contributed by atoms with van der Waals surface area (Å²) in [6.45, 7) is 2.07. The number of aryl methyl sites for hydroxylation is 1. The molecule has 1 aromatic heterocycles. The highest BCUT2D eigenvalue weighted by atomic mass is 79.9. The second-order valence-corrected chi connectivity index (χ2v) is 7.45. The lowest BCUT2D eigenvalue weighted by molar-refractivity contribution is 1.17. The van der Waals surface area contributed by atoms with Gasteiger partial charge >= 0.3 is 0 Å². The predicted octanol–water partition coefficient (Wildman–Crippen LogP) is 6.56. The number of alkyl halides is 1. The van der Waals surface area contributed by atoms with E-state index in [0.29, 0.717) is 5.02 Å². The van der Waals surface area contributed by atoms with Crippen molar-refractivity contribution in [3.63, 3.8) is 0 Å². The molecule has 17 heavy (non-hydrogen) atoms. The first-order valence-corrected chi connectivity index (χ1v) is 8.05. The third-order valence-corrected chi connectivity index (χ3v) is 6.17. The van der Waals surface area contributed by atoms with Gasteiger partial charge in [-0.05, 0) is 62.5 Å². The quantitative estimate of drug-likeness (QED) is 0.488. The average molecular weight is 415 g/mol. The van der Waals surface area contributed by atoms with Crippen molar-refractivity contribution in [2.75, 3.05) is 0 Å². The van der Waals surface area contributed by atoms with E-state index < -0.39 is 0 Å². The predicted molar refractivity (Wildman–Crippen MR) is 83.6 cm³/mol. The Morgan fingerprint density at radius 3 is 2.41 bits per heavy atom. The molecule has 0 nitrogen and oxygen atoms in total. The molecule has 1 unspecified atom stereocenters. The summed E-state index contributed by atoms with van der Waals surface area (Å²) in [4.78, 5) is 2.35. The van der Waals surface area contributed by atoms with Crippen molar-refractivity contribution in [3.8, 4) is 0 Å². The molecule has 2 rings (SSSR count). The highest BCUT2D eigenvalue weighted by Crippen LogP contribution is 2.40. The van der Waals surface area contributed by atoms with E-state index in [4.69, 9.17) is 23.2 Å². The number of hydrogen-bond acceptors (Lipinski definition) is 1. The van der Waals surface area contributed by atoms with Gasteiger partial charge in [-0.3, -0.25) is 0 Å². The molecule has 5 heteroatoms. The molecule has 0 aliphatic heterocycles. The minimum atomic E-state index is -0.173. The van der Waals surface area contributed by atoms with E-state index in [2.05, 4.69) is 44.8 Å². The lowest BCUT2D eigenvalue weighted by Crippen LogP contribution is -1.91. The second kappa shape index (κ2) is 5.62. The zero-order valence-electron chi connectivity index (χ0n) is 8.81. The maximum atomic E-state index is 6.48. The van der Waals surface area contributed by atoms with Gasteiger partial charge in [-0.2, -0.15) is 0 Å². The van der Waals surface area contributed by atoms with Crippen LogP contribution in [0, 0.1) is 6.92 Å². The van der Waals surface area contributed by atoms with Gasteiger partial charge < -0.3 is 0 Å². The van der Waals surface area contributed by atoms with Crippen LogP contribution in [0.25, 0.3) is 0 Å². The zero-order chi connectivity index (χ0) is 12.6. The molecule has 0 radical (unpaired) electrons. The second-order valence-electron chi connectivity index (χ2n) is 3.61. The van der Waals surface area contributed by atoms with Gasteiger partial charge in [0.25, 0.3) is 0 Å². The molecule has 2 aromatic rings. The Morgan fingerprint density at radius 2 is 1.88 bits per heavy atom. The molecule has 1 atom stereocenters. The normalized spacial score (nSPS) is 12.8. The Morgan fingerprint density at radius 1 is 1.18 bits per heavy atom. The van der Waals surface area contributed by atoms with Crippen molar-refractivity contribution >= 4 is 66.4 Å². The third kappa shape index (κ3) is 3.07. The van der Waals surface area contributed by atoms with Crippen LogP contribution >= 0.6 is 66.4 Å². The first-order valence-electron chi connectivity index (χ1n) is 4.84. The van der Waals surface area contributed by atoms with Crippen molar-refractivity contribution in [3.05, 3.63) is 53.6 Å². The zero-order valence-corrected chi connectivity index (χ0v) is 14.3. The van der Waals surface area contributed by atoms with Gasteiger partial charge in [0.05, 0.1) is 10.4 Å². The average Bonchev–Trinajstić information content (AvgIpc) is 2.61. The van der Waals surface area contributed by atoms with Crippen LogP contribution in [0.1, 0.15) is 20.7 Å². The van der Waals surface area contributed by atoms with Gasteiger partial charge in [0.15, 0.2) is 0 Å². The van der Waals surface area contributed by atoms with Crippen molar-refractivity contribution in [2.24, 2.45) is 0 Å². The summed E-state index contributed by atoms with van der Waals surface area (Å²) in [5.41, 5.74) is 1.00. The van der Waals surface area contributed by atoms with Crippen LogP contribution in [0.3, 0.4) is 0 Å². The topological polar surface area (TPSA) is 0 Å². The summed E-state index contributed by atoms with van der Waals surface area (Å²) >= 11 is 21.2. The highest BCUT2D eigenvalue weighted by molar-refractivity contribution is 9.10. The van der Waals surface area contributed by atoms with E-state index >= 15 is 0 Å². The Kier molecular flexibility index (Phi) is 4.59. The largest absolute Gasteiger partial charge is 0.143 e. The van der Waals surface area contributed by atoms with Crippen LogP contribution in [0.2, 0.25) is 5.02 Å². The number of halogens is 4. The van der Waals surface area contributed by atoms with Gasteiger partial charge in [-0.1, -0.05) is 17.7 Å². The number of thiophene rings is 1. The van der Waals surface area contributed by atoms with Crippen LogP contribution in [0.5, 0.6) is 0 Å². The summed E-state index contributed by atoms with van der Waals surface area (Å²) in [6.07, 6.45) is 0. The Bertz CT molecular complexity index is 551. The fraction of sp³-hybridized carbons (Fsp3) is 0.167. The van der Waals surface area contributed by atoms with E-state index in [1.165, 1.54) is 4.88 Å². The van der Waals surface area contributed by atoms with Crippen LogP contribution in [-0.2, 0) is 0 Å². The van der Waals surface area contributed by atoms with E-state index in [1.807, 2.05) is 18.2 Å². The van der Waals surface area contributed by atoms with Gasteiger partial charge in [-0.15, -0.1) is 22.9 Å². The van der Waals surface area contributed by atoms with Crippen LogP contribution in [0.4, 0.5) is 0 Å². The summed E-state index contributed by atoms with van der Waals surface area (Å²) in [5, 5.41) is 0.506. The Hall–Kier alpha value is 0.460. The monoisotopic (exact) mass is 412 g/mol. The first-order chi connectivity index (χ1) is 7.99. The van der Waals surface area contributed by atoms with E-state index in [-0.39, 0.29) is 5.38 Å². The number of hydrogen-bond donors (Lipinski definition) is 0. The molecule has 1 heterocycles. The molecule has 0 amide bonds. The maximum Gasteiger partial charge on any atom is 0.0939 e. The molecular weight excluding hydrogens is 407 g/mol. The fourth-order valence-electron chi connectivity index (χ4n) is 1.50. The molecule has 0 saturated carbocycles. The van der Waals surface area contributed by atoms with Gasteiger partial charge in [-0.25, -0.2) is 0 Å². The van der Waals surface area contributed by atoms with Crippen molar-refractivity contribution < 1.29 is 0 Å². The Labute approximate surface area is 131 Å². The molecular formula is C12H8Br2Cl2S. The minimum Gasteiger partial charge on any atom is -0.143 e. The first kappa shape index (κ1) is 13.9. The molecule has 0 N–H and O–H groups in total. The summed E-state index contributed by atoms with van der Waals surface area (Å²) in [6, 6.07) is 7.87. The Balaban J connectivity index is 2.40. The van der Waals surface area contributed by atoms with Crippen LogP contribution in [0.15, 0.2) is 33.2 Å². The van der Waals surface area contributed by atoms with Crippen molar-refractivity contribution in [2.45, 2.75) is 12.3 Å². The summed E-state index contributed by atoms with van der Waals surface area (Å²) < 4.78 is 1.94. The lowest BCUT2D eigenvalue weighted by atomic mass is 10.1. The SMILES string of the molecule is Cc1cc(Br)c(C(Cl)c2ccc(Br)c(Cl)c2)s1. The molecule has 0 aliphatic rings. The van der Waals surface area contributed by atoms with Crippen LogP contribution in [-0.4, -0.2) is 0 Å². The number of rotatable bonds is 2. The van der Waals surface area contributed by atoms with Gasteiger partial charge in [0, 0.05) is 18.7 Å². The number of benzene rings is 1. The van der Waals surface area contributed by atoms with Crippen LogP contribution < -0.4 is 0 Å².